The van der Waals surface area contributed by atoms with Crippen LogP contribution in [0.3, 0.4) is 0 Å². The molecule has 0 bridgehead atoms. The van der Waals surface area contributed by atoms with Crippen molar-refractivity contribution in [1.29, 1.82) is 0 Å². The maximum atomic E-state index is 12.3. The number of amides is 1. The van der Waals surface area contributed by atoms with E-state index in [0.717, 1.165) is 39.0 Å². The molecule has 0 saturated carbocycles. The van der Waals surface area contributed by atoms with Crippen molar-refractivity contribution in [3.63, 3.8) is 0 Å². The summed E-state index contributed by atoms with van der Waals surface area (Å²) in [4.78, 5) is 40.9. The number of carbonyl (C=O) groups is 3. The highest BCUT2D eigenvalue weighted by Crippen LogP contribution is 2.40. The SMILES string of the molecule is CCn1c(-c2cccnc2[C@H](C)OC)c(CC(C)(C)COC(C)=O)c2cc(/C=C/OC[C@H](NC(=O)OC(C)(C)C)C(=O)OC)ccc21. The Morgan fingerprint density at radius 1 is 1.09 bits per heavy atom. The molecule has 3 aromatic rings. The van der Waals surface area contributed by atoms with Crippen molar-refractivity contribution >= 4 is 35.0 Å². The second kappa shape index (κ2) is 15.9. The average molecular weight is 652 g/mol. The van der Waals surface area contributed by atoms with E-state index in [2.05, 4.69) is 48.9 Å². The molecule has 3 rings (SSSR count). The molecule has 1 amide bonds. The zero-order valence-corrected chi connectivity index (χ0v) is 29.3. The molecule has 0 fully saturated rings. The number of ether oxygens (including phenoxy) is 5. The van der Waals surface area contributed by atoms with Crippen molar-refractivity contribution in [3.05, 3.63) is 59.6 Å². The van der Waals surface area contributed by atoms with Crippen LogP contribution in [-0.2, 0) is 46.2 Å². The van der Waals surface area contributed by atoms with Crippen LogP contribution in [0.1, 0.15) is 78.3 Å². The predicted molar refractivity (Wildman–Crippen MR) is 181 cm³/mol. The number of methoxy groups -OCH3 is 2. The van der Waals surface area contributed by atoms with Crippen LogP contribution in [0.15, 0.2) is 42.8 Å². The van der Waals surface area contributed by atoms with Gasteiger partial charge in [0.1, 0.15) is 12.2 Å². The molecule has 0 aliphatic carbocycles. The molecule has 0 spiro atoms. The molecule has 1 N–H and O–H groups in total. The number of carbonyl (C=O) groups excluding carboxylic acids is 3. The van der Waals surface area contributed by atoms with E-state index in [1.807, 2.05) is 19.1 Å². The van der Waals surface area contributed by atoms with Crippen LogP contribution in [0.4, 0.5) is 4.79 Å². The summed E-state index contributed by atoms with van der Waals surface area (Å²) in [5, 5.41) is 3.54. The first-order valence-electron chi connectivity index (χ1n) is 15.7. The van der Waals surface area contributed by atoms with E-state index >= 15 is 0 Å². The lowest BCUT2D eigenvalue weighted by molar-refractivity contribution is -0.144. The Morgan fingerprint density at radius 3 is 2.43 bits per heavy atom. The number of benzene rings is 1. The van der Waals surface area contributed by atoms with Crippen LogP contribution in [0.5, 0.6) is 0 Å². The van der Waals surface area contributed by atoms with E-state index in [0.29, 0.717) is 13.0 Å². The zero-order valence-electron chi connectivity index (χ0n) is 29.3. The molecule has 256 valence electrons. The first-order chi connectivity index (χ1) is 22.1. The number of nitrogens with one attached hydrogen (secondary N) is 1. The van der Waals surface area contributed by atoms with Crippen LogP contribution in [0.2, 0.25) is 0 Å². The molecule has 11 heteroatoms. The molecule has 2 heterocycles. The number of nitrogens with zero attached hydrogens (tertiary/aromatic N) is 2. The zero-order chi connectivity index (χ0) is 34.9. The number of hydrogen-bond acceptors (Lipinski definition) is 9. The van der Waals surface area contributed by atoms with E-state index < -0.39 is 23.7 Å². The van der Waals surface area contributed by atoms with E-state index in [1.165, 1.54) is 20.3 Å². The number of pyridine rings is 1. The molecule has 0 aliphatic heterocycles. The van der Waals surface area contributed by atoms with Gasteiger partial charge < -0.3 is 33.6 Å². The van der Waals surface area contributed by atoms with Crippen LogP contribution < -0.4 is 5.32 Å². The third kappa shape index (κ3) is 10.1. The highest BCUT2D eigenvalue weighted by atomic mass is 16.6. The fourth-order valence-corrected chi connectivity index (χ4v) is 5.28. The van der Waals surface area contributed by atoms with Gasteiger partial charge in [-0.2, -0.15) is 0 Å². The van der Waals surface area contributed by atoms with E-state index in [-0.39, 0.29) is 30.7 Å². The number of aryl methyl sites for hydroxylation is 1. The molecule has 2 aromatic heterocycles. The van der Waals surface area contributed by atoms with Crippen LogP contribution in [-0.4, -0.2) is 66.7 Å². The molecule has 11 nitrogen and oxygen atoms in total. The average Bonchev–Trinajstić information content (AvgIpc) is 3.31. The quantitative estimate of drug-likeness (QED) is 0.116. The van der Waals surface area contributed by atoms with E-state index in [4.69, 9.17) is 28.7 Å². The monoisotopic (exact) mass is 651 g/mol. The number of fused-ring (bicyclic) bond motifs is 1. The lowest BCUT2D eigenvalue weighted by Gasteiger charge is -2.25. The van der Waals surface area contributed by atoms with Gasteiger partial charge in [0.15, 0.2) is 6.04 Å². The van der Waals surface area contributed by atoms with Gasteiger partial charge in [0.25, 0.3) is 0 Å². The highest BCUT2D eigenvalue weighted by molar-refractivity contribution is 5.94. The third-order valence-electron chi connectivity index (χ3n) is 7.46. The Kier molecular flexibility index (Phi) is 12.6. The molecular weight excluding hydrogens is 602 g/mol. The standard InChI is InChI=1S/C36H49N3O8/c1-11-39-30-15-14-25(16-18-45-21-29(33(41)44-10)38-34(42)47-35(4,5)6)19-27(30)28(20-36(7,8)22-46-24(3)40)32(39)26-13-12-17-37-31(26)23(2)43-9/h12-19,23,29H,11,20-22H2,1-10H3,(H,38,42)/b18-16+/t23-,29-/m0/s1. The minimum atomic E-state index is -1.06. The van der Waals surface area contributed by atoms with Gasteiger partial charge in [0.05, 0.1) is 37.5 Å². The Labute approximate surface area is 277 Å². The van der Waals surface area contributed by atoms with Crippen molar-refractivity contribution in [2.24, 2.45) is 5.41 Å². The lowest BCUT2D eigenvalue weighted by atomic mass is 9.84. The minimum absolute atomic E-state index is 0.155. The number of aromatic nitrogens is 2. The van der Waals surface area contributed by atoms with Crippen LogP contribution in [0, 0.1) is 5.41 Å². The topological polar surface area (TPSA) is 127 Å². The van der Waals surface area contributed by atoms with Crippen molar-refractivity contribution < 1.29 is 38.1 Å². The Balaban J connectivity index is 2.03. The number of esters is 2. The van der Waals surface area contributed by atoms with E-state index in [1.54, 1.807) is 40.2 Å². The smallest absolute Gasteiger partial charge is 0.408 e. The third-order valence-corrected chi connectivity index (χ3v) is 7.46. The molecular formula is C36H49N3O8. The Hall–Kier alpha value is -4.38. The fraction of sp³-hybridized carbons (Fsp3) is 0.500. The van der Waals surface area contributed by atoms with E-state index in [9.17, 15) is 14.4 Å². The molecule has 0 aliphatic rings. The van der Waals surface area contributed by atoms with Crippen LogP contribution >= 0.6 is 0 Å². The lowest BCUT2D eigenvalue weighted by Crippen LogP contribution is -2.46. The summed E-state index contributed by atoms with van der Waals surface area (Å²) in [7, 11) is 2.91. The second-order valence-electron chi connectivity index (χ2n) is 13.1. The summed E-state index contributed by atoms with van der Waals surface area (Å²) < 4.78 is 29.2. The normalized spacial score (nSPS) is 13.3. The van der Waals surface area contributed by atoms with Crippen molar-refractivity contribution in [2.75, 3.05) is 27.4 Å². The highest BCUT2D eigenvalue weighted by Gasteiger charge is 2.29. The summed E-state index contributed by atoms with van der Waals surface area (Å²) in [6.07, 6.45) is 4.69. The maximum Gasteiger partial charge on any atom is 0.408 e. The first kappa shape index (κ1) is 37.1. The summed E-state index contributed by atoms with van der Waals surface area (Å²) in [6, 6.07) is 9.09. The molecule has 2 atom stereocenters. The second-order valence-corrected chi connectivity index (χ2v) is 13.1. The number of rotatable bonds is 14. The Bertz CT molecular complexity index is 1580. The van der Waals surface area contributed by atoms with Gasteiger partial charge in [-0.1, -0.05) is 19.9 Å². The number of alkyl carbamates (subject to hydrolysis) is 1. The van der Waals surface area contributed by atoms with Gasteiger partial charge in [-0.05, 0) is 82.5 Å². The Morgan fingerprint density at radius 2 is 1.81 bits per heavy atom. The van der Waals surface area contributed by atoms with Gasteiger partial charge in [0.2, 0.25) is 0 Å². The molecule has 0 unspecified atom stereocenters. The molecule has 47 heavy (non-hydrogen) atoms. The van der Waals surface area contributed by atoms with Gasteiger partial charge in [-0.25, -0.2) is 9.59 Å². The van der Waals surface area contributed by atoms with Crippen molar-refractivity contribution in [3.8, 4) is 11.3 Å². The maximum absolute atomic E-state index is 12.3. The van der Waals surface area contributed by atoms with Gasteiger partial charge in [-0.3, -0.25) is 9.78 Å². The van der Waals surface area contributed by atoms with Gasteiger partial charge in [0, 0.05) is 48.7 Å². The fourth-order valence-electron chi connectivity index (χ4n) is 5.28. The molecule has 0 saturated heterocycles. The van der Waals surface area contributed by atoms with Gasteiger partial charge in [-0.15, -0.1) is 0 Å². The summed E-state index contributed by atoms with van der Waals surface area (Å²) in [6.45, 7) is 15.7. The summed E-state index contributed by atoms with van der Waals surface area (Å²) in [5.74, 6) is -0.974. The first-order valence-corrected chi connectivity index (χ1v) is 15.7. The van der Waals surface area contributed by atoms with Crippen molar-refractivity contribution in [1.82, 2.24) is 14.9 Å². The largest absolute Gasteiger partial charge is 0.498 e. The molecule has 1 aromatic carbocycles. The molecule has 0 radical (unpaired) electrons. The predicted octanol–water partition coefficient (Wildman–Crippen LogP) is 6.62. The number of hydrogen-bond donors (Lipinski definition) is 1. The van der Waals surface area contributed by atoms with Gasteiger partial charge >= 0.3 is 18.0 Å². The minimum Gasteiger partial charge on any atom is -0.498 e. The summed E-state index contributed by atoms with van der Waals surface area (Å²) in [5.41, 5.74) is 4.76. The summed E-state index contributed by atoms with van der Waals surface area (Å²) >= 11 is 0. The van der Waals surface area contributed by atoms with Crippen LogP contribution in [0.25, 0.3) is 28.2 Å². The van der Waals surface area contributed by atoms with Crippen molar-refractivity contribution in [2.45, 2.75) is 86.1 Å².